The van der Waals surface area contributed by atoms with Crippen LogP contribution in [-0.2, 0) is 14.3 Å². The third-order valence-corrected chi connectivity index (χ3v) is 3.92. The van der Waals surface area contributed by atoms with Gasteiger partial charge in [-0.25, -0.2) is 0 Å². The summed E-state index contributed by atoms with van der Waals surface area (Å²) in [4.78, 5) is 11.3. The molecule has 1 fully saturated rings. The average molecular weight is 261 g/mol. The topological polar surface area (TPSA) is 61.5 Å². The van der Waals surface area contributed by atoms with Gasteiger partial charge in [0.1, 0.15) is 6.04 Å². The van der Waals surface area contributed by atoms with Crippen LogP contribution in [0.2, 0.25) is 0 Å². The molecule has 0 bridgehead atoms. The highest BCUT2D eigenvalue weighted by molar-refractivity contribution is 7.99. The van der Waals surface area contributed by atoms with E-state index in [2.05, 4.69) is 6.92 Å². The molecule has 0 aromatic rings. The van der Waals surface area contributed by atoms with Gasteiger partial charge in [0.2, 0.25) is 0 Å². The van der Waals surface area contributed by atoms with E-state index < -0.39 is 6.04 Å². The van der Waals surface area contributed by atoms with E-state index in [4.69, 9.17) is 15.2 Å². The summed E-state index contributed by atoms with van der Waals surface area (Å²) in [6, 6.07) is -0.481. The van der Waals surface area contributed by atoms with Crippen molar-refractivity contribution in [3.63, 3.8) is 0 Å². The Hall–Kier alpha value is -0.260. The molecule has 1 aliphatic heterocycles. The zero-order chi connectivity index (χ0) is 12.7. The van der Waals surface area contributed by atoms with Crippen LogP contribution < -0.4 is 5.73 Å². The highest BCUT2D eigenvalue weighted by Crippen LogP contribution is 2.22. The van der Waals surface area contributed by atoms with Gasteiger partial charge in [0.05, 0.1) is 18.8 Å². The fraction of sp³-hybridized carbons (Fsp3) is 0.917. The third-order valence-electron chi connectivity index (χ3n) is 2.79. The first kappa shape index (κ1) is 14.8. The first-order chi connectivity index (χ1) is 8.13. The molecule has 1 heterocycles. The van der Waals surface area contributed by atoms with Crippen LogP contribution in [0.1, 0.15) is 33.1 Å². The van der Waals surface area contributed by atoms with Crippen molar-refractivity contribution in [3.8, 4) is 0 Å². The van der Waals surface area contributed by atoms with Gasteiger partial charge in [0.15, 0.2) is 0 Å². The summed E-state index contributed by atoms with van der Waals surface area (Å²) in [6.45, 7) is 4.30. The minimum Gasteiger partial charge on any atom is -0.465 e. The lowest BCUT2D eigenvalue weighted by atomic mass is 10.2. The maximum atomic E-state index is 11.3. The molecule has 1 saturated heterocycles. The molecule has 17 heavy (non-hydrogen) atoms. The van der Waals surface area contributed by atoms with E-state index in [0.717, 1.165) is 24.3 Å². The molecular formula is C12H23NO3S. The molecule has 100 valence electrons. The van der Waals surface area contributed by atoms with Crippen molar-refractivity contribution >= 4 is 17.7 Å². The van der Waals surface area contributed by atoms with Gasteiger partial charge < -0.3 is 15.2 Å². The maximum absolute atomic E-state index is 11.3. The Morgan fingerprint density at radius 1 is 1.59 bits per heavy atom. The van der Waals surface area contributed by atoms with Crippen LogP contribution in [0.25, 0.3) is 0 Å². The minimum absolute atomic E-state index is 0.293. The molecule has 2 N–H and O–H groups in total. The number of hydrogen-bond acceptors (Lipinski definition) is 5. The number of esters is 1. The van der Waals surface area contributed by atoms with Crippen molar-refractivity contribution in [1.29, 1.82) is 0 Å². The van der Waals surface area contributed by atoms with Crippen LogP contribution in [-0.4, -0.2) is 42.3 Å². The second kappa shape index (κ2) is 7.95. The summed E-state index contributed by atoms with van der Waals surface area (Å²) in [5.74, 6) is 1.59. The monoisotopic (exact) mass is 261 g/mol. The zero-order valence-electron chi connectivity index (χ0n) is 10.7. The van der Waals surface area contributed by atoms with Crippen molar-refractivity contribution in [2.45, 2.75) is 51.4 Å². The fourth-order valence-electron chi connectivity index (χ4n) is 1.80. The Balaban J connectivity index is 2.02. The van der Waals surface area contributed by atoms with Gasteiger partial charge in [-0.05, 0) is 38.9 Å². The Kier molecular flexibility index (Phi) is 6.92. The van der Waals surface area contributed by atoms with Crippen molar-refractivity contribution in [1.82, 2.24) is 0 Å². The lowest BCUT2D eigenvalue weighted by Crippen LogP contribution is -2.32. The summed E-state index contributed by atoms with van der Waals surface area (Å²) in [5.41, 5.74) is 5.70. The molecule has 3 unspecified atom stereocenters. The molecular weight excluding hydrogens is 238 g/mol. The Labute approximate surface area is 108 Å². The van der Waals surface area contributed by atoms with Crippen molar-refractivity contribution in [2.24, 2.45) is 5.73 Å². The molecule has 0 amide bonds. The maximum Gasteiger partial charge on any atom is 0.322 e. The number of ether oxygens (including phenoxy) is 2. The predicted octanol–water partition coefficient (Wildman–Crippen LogP) is 1.57. The van der Waals surface area contributed by atoms with E-state index in [-0.39, 0.29) is 5.97 Å². The largest absolute Gasteiger partial charge is 0.465 e. The molecule has 0 radical (unpaired) electrons. The third kappa shape index (κ3) is 5.75. The molecule has 4 nitrogen and oxygen atoms in total. The zero-order valence-corrected chi connectivity index (χ0v) is 11.5. The van der Waals surface area contributed by atoms with Crippen LogP contribution >= 0.6 is 11.8 Å². The molecule has 3 atom stereocenters. The molecule has 1 rings (SSSR count). The van der Waals surface area contributed by atoms with E-state index in [0.29, 0.717) is 25.2 Å². The molecule has 0 spiro atoms. The lowest BCUT2D eigenvalue weighted by molar-refractivity contribution is -0.144. The number of rotatable bonds is 7. The van der Waals surface area contributed by atoms with Crippen LogP contribution in [0.15, 0.2) is 0 Å². The quantitative estimate of drug-likeness (QED) is 0.557. The summed E-state index contributed by atoms with van der Waals surface area (Å²) in [6.07, 6.45) is 3.77. The molecule has 5 heteroatoms. The summed E-state index contributed by atoms with van der Waals surface area (Å²) < 4.78 is 10.6. The van der Waals surface area contributed by atoms with E-state index in [1.807, 2.05) is 0 Å². The second-order valence-corrected chi connectivity index (χ2v) is 5.52. The first-order valence-corrected chi connectivity index (χ1v) is 7.44. The first-order valence-electron chi connectivity index (χ1n) is 6.29. The van der Waals surface area contributed by atoms with Crippen molar-refractivity contribution in [3.05, 3.63) is 0 Å². The van der Waals surface area contributed by atoms with Gasteiger partial charge in [-0.2, -0.15) is 11.8 Å². The lowest BCUT2D eigenvalue weighted by Gasteiger charge is -2.12. The van der Waals surface area contributed by atoms with Crippen molar-refractivity contribution < 1.29 is 14.3 Å². The smallest absolute Gasteiger partial charge is 0.322 e. The van der Waals surface area contributed by atoms with Gasteiger partial charge >= 0.3 is 5.97 Å². The van der Waals surface area contributed by atoms with Gasteiger partial charge in [-0.3, -0.25) is 4.79 Å². The van der Waals surface area contributed by atoms with Crippen LogP contribution in [0.5, 0.6) is 0 Å². The average Bonchev–Trinajstić information content (AvgIpc) is 2.70. The van der Waals surface area contributed by atoms with Crippen molar-refractivity contribution in [2.75, 3.05) is 18.1 Å². The number of nitrogens with two attached hydrogens (primary N) is 1. The van der Waals surface area contributed by atoms with E-state index in [1.165, 1.54) is 0 Å². The van der Waals surface area contributed by atoms with Crippen LogP contribution in [0.3, 0.4) is 0 Å². The Bertz CT molecular complexity index is 238. The number of carbonyl (C=O) groups excluding carboxylic acids is 1. The Morgan fingerprint density at radius 2 is 2.35 bits per heavy atom. The Morgan fingerprint density at radius 3 is 2.94 bits per heavy atom. The highest BCUT2D eigenvalue weighted by atomic mass is 32.2. The standard InChI is InChI=1S/C12H23NO3S/c1-3-15-12(14)11(13)6-7-17-8-10-5-4-9(2)16-10/h9-11H,3-8,13H2,1-2H3. The molecule has 0 aliphatic carbocycles. The molecule has 0 aromatic carbocycles. The predicted molar refractivity (Wildman–Crippen MR) is 70.1 cm³/mol. The highest BCUT2D eigenvalue weighted by Gasteiger charge is 2.21. The van der Waals surface area contributed by atoms with Gasteiger partial charge in [-0.15, -0.1) is 0 Å². The summed E-state index contributed by atoms with van der Waals surface area (Å²) in [5, 5.41) is 0. The minimum atomic E-state index is -0.481. The normalized spacial score (nSPS) is 25.8. The van der Waals surface area contributed by atoms with Crippen LogP contribution in [0.4, 0.5) is 0 Å². The number of hydrogen-bond donors (Lipinski definition) is 1. The van der Waals surface area contributed by atoms with E-state index in [9.17, 15) is 4.79 Å². The second-order valence-electron chi connectivity index (χ2n) is 4.37. The number of carbonyl (C=O) groups is 1. The van der Waals surface area contributed by atoms with Crippen LogP contribution in [0, 0.1) is 0 Å². The van der Waals surface area contributed by atoms with Gasteiger partial charge in [0.25, 0.3) is 0 Å². The van der Waals surface area contributed by atoms with Gasteiger partial charge in [-0.1, -0.05) is 0 Å². The molecule has 0 saturated carbocycles. The molecule has 1 aliphatic rings. The SMILES string of the molecule is CCOC(=O)C(N)CCSCC1CCC(C)O1. The van der Waals surface area contributed by atoms with E-state index in [1.54, 1.807) is 18.7 Å². The number of thioether (sulfide) groups is 1. The fourth-order valence-corrected chi connectivity index (χ4v) is 2.90. The van der Waals surface area contributed by atoms with Gasteiger partial charge in [0, 0.05) is 5.75 Å². The summed E-state index contributed by atoms with van der Waals surface area (Å²) in [7, 11) is 0. The van der Waals surface area contributed by atoms with E-state index >= 15 is 0 Å². The summed E-state index contributed by atoms with van der Waals surface area (Å²) >= 11 is 1.80. The molecule has 0 aromatic heterocycles.